The molecule has 2 atom stereocenters. The number of nitrogens with zero attached hydrogens (tertiary/aromatic N) is 1. The van der Waals surface area contributed by atoms with Gasteiger partial charge in [0.15, 0.2) is 0 Å². The third-order valence-corrected chi connectivity index (χ3v) is 5.29. The van der Waals surface area contributed by atoms with Crippen LogP contribution in [0.15, 0.2) is 24.3 Å². The number of carbonyl (C=O) groups excluding carboxylic acids is 1. The Balaban J connectivity index is 1.66. The van der Waals surface area contributed by atoms with Crippen molar-refractivity contribution < 1.29 is 19.0 Å². The minimum atomic E-state index is -0.0409. The van der Waals surface area contributed by atoms with Gasteiger partial charge in [0.1, 0.15) is 5.75 Å². The molecule has 2 heterocycles. The largest absolute Gasteiger partial charge is 0.497 e. The lowest BCUT2D eigenvalue weighted by Crippen LogP contribution is -2.58. The molecule has 1 amide bonds. The third kappa shape index (κ3) is 3.57. The SMILES string of the molecule is COC[C@@]12CCCO[C@@H]1CCN(C(=O)Cc1ccc(OC)cc1)C2. The van der Waals surface area contributed by atoms with E-state index < -0.39 is 0 Å². The molecule has 0 radical (unpaired) electrons. The number of fused-ring (bicyclic) bond motifs is 1. The van der Waals surface area contributed by atoms with E-state index in [-0.39, 0.29) is 17.4 Å². The van der Waals surface area contributed by atoms with Crippen LogP contribution in [0.4, 0.5) is 0 Å². The van der Waals surface area contributed by atoms with E-state index >= 15 is 0 Å². The maximum Gasteiger partial charge on any atom is 0.227 e. The molecule has 0 bridgehead atoms. The standard InChI is InChI=1S/C19H27NO4/c1-22-14-19-9-3-11-24-17(19)8-10-20(13-19)18(21)12-15-4-6-16(23-2)7-5-15/h4-7,17H,3,8-14H2,1-2H3/t17-,19+/m1/s1. The second-order valence-electron chi connectivity index (χ2n) is 6.89. The van der Waals surface area contributed by atoms with E-state index in [2.05, 4.69) is 0 Å². The molecule has 132 valence electrons. The summed E-state index contributed by atoms with van der Waals surface area (Å²) < 4.78 is 16.6. The predicted octanol–water partition coefficient (Wildman–Crippen LogP) is 2.28. The summed E-state index contributed by atoms with van der Waals surface area (Å²) in [5.41, 5.74) is 0.976. The average molecular weight is 333 g/mol. The summed E-state index contributed by atoms with van der Waals surface area (Å²) in [7, 11) is 3.38. The second kappa shape index (κ2) is 7.53. The number of likely N-dealkylation sites (tertiary alicyclic amines) is 1. The van der Waals surface area contributed by atoms with Crippen molar-refractivity contribution in [1.29, 1.82) is 0 Å². The van der Waals surface area contributed by atoms with Crippen LogP contribution in [0.5, 0.6) is 5.75 Å². The van der Waals surface area contributed by atoms with Crippen LogP contribution >= 0.6 is 0 Å². The highest BCUT2D eigenvalue weighted by Gasteiger charge is 2.46. The monoisotopic (exact) mass is 333 g/mol. The zero-order valence-corrected chi connectivity index (χ0v) is 14.6. The summed E-state index contributed by atoms with van der Waals surface area (Å²) in [5, 5.41) is 0. The molecule has 0 aliphatic carbocycles. The van der Waals surface area contributed by atoms with Crippen LogP contribution in [0.3, 0.4) is 0 Å². The van der Waals surface area contributed by atoms with Crippen LogP contribution in [-0.2, 0) is 20.7 Å². The van der Waals surface area contributed by atoms with E-state index in [0.717, 1.165) is 50.3 Å². The van der Waals surface area contributed by atoms with E-state index in [4.69, 9.17) is 14.2 Å². The summed E-state index contributed by atoms with van der Waals surface area (Å²) in [6, 6.07) is 7.71. The van der Waals surface area contributed by atoms with Gasteiger partial charge in [0.05, 0.1) is 26.2 Å². The van der Waals surface area contributed by atoms with Gasteiger partial charge in [0, 0.05) is 32.2 Å². The van der Waals surface area contributed by atoms with Crippen molar-refractivity contribution >= 4 is 5.91 Å². The van der Waals surface area contributed by atoms with Gasteiger partial charge in [-0.05, 0) is 37.0 Å². The molecule has 2 aliphatic rings. The molecule has 5 heteroatoms. The molecule has 5 nitrogen and oxygen atoms in total. The van der Waals surface area contributed by atoms with Crippen LogP contribution in [0.25, 0.3) is 0 Å². The topological polar surface area (TPSA) is 48.0 Å². The first-order chi connectivity index (χ1) is 11.7. The lowest BCUT2D eigenvalue weighted by Gasteiger charge is -2.50. The molecule has 1 aromatic carbocycles. The smallest absolute Gasteiger partial charge is 0.227 e. The molecule has 24 heavy (non-hydrogen) atoms. The van der Waals surface area contributed by atoms with Gasteiger partial charge in [-0.3, -0.25) is 4.79 Å². The molecule has 3 rings (SSSR count). The van der Waals surface area contributed by atoms with Gasteiger partial charge in [0.25, 0.3) is 0 Å². The lowest BCUT2D eigenvalue weighted by atomic mass is 9.73. The number of methoxy groups -OCH3 is 2. The van der Waals surface area contributed by atoms with Crippen LogP contribution in [0, 0.1) is 5.41 Å². The number of rotatable bonds is 5. The first-order valence-corrected chi connectivity index (χ1v) is 8.68. The van der Waals surface area contributed by atoms with E-state index in [1.807, 2.05) is 29.2 Å². The number of ether oxygens (including phenoxy) is 3. The summed E-state index contributed by atoms with van der Waals surface area (Å²) in [4.78, 5) is 14.8. The van der Waals surface area contributed by atoms with Gasteiger partial charge in [-0.15, -0.1) is 0 Å². The Morgan fingerprint density at radius 2 is 2.12 bits per heavy atom. The van der Waals surface area contributed by atoms with Crippen molar-refractivity contribution in [1.82, 2.24) is 4.90 Å². The molecule has 0 spiro atoms. The Bertz CT molecular complexity index is 555. The van der Waals surface area contributed by atoms with E-state index in [1.165, 1.54) is 0 Å². The maximum absolute atomic E-state index is 12.8. The van der Waals surface area contributed by atoms with Crippen molar-refractivity contribution in [2.45, 2.75) is 31.8 Å². The normalized spacial score (nSPS) is 26.8. The molecular weight excluding hydrogens is 306 g/mol. The van der Waals surface area contributed by atoms with Gasteiger partial charge in [-0.2, -0.15) is 0 Å². The predicted molar refractivity (Wildman–Crippen MR) is 91.2 cm³/mol. The zero-order valence-electron chi connectivity index (χ0n) is 14.6. The van der Waals surface area contributed by atoms with Gasteiger partial charge >= 0.3 is 0 Å². The van der Waals surface area contributed by atoms with Crippen LogP contribution in [0.2, 0.25) is 0 Å². The van der Waals surface area contributed by atoms with Gasteiger partial charge in [-0.25, -0.2) is 0 Å². The van der Waals surface area contributed by atoms with Gasteiger partial charge in [-0.1, -0.05) is 12.1 Å². The average Bonchev–Trinajstić information content (AvgIpc) is 2.62. The maximum atomic E-state index is 12.8. The molecule has 0 N–H and O–H groups in total. The summed E-state index contributed by atoms with van der Waals surface area (Å²) in [6.07, 6.45) is 3.66. The minimum Gasteiger partial charge on any atom is -0.497 e. The highest BCUT2D eigenvalue weighted by Crippen LogP contribution is 2.40. The van der Waals surface area contributed by atoms with Crippen molar-refractivity contribution in [3.8, 4) is 5.75 Å². The van der Waals surface area contributed by atoms with Crippen LogP contribution < -0.4 is 4.74 Å². The van der Waals surface area contributed by atoms with Gasteiger partial charge < -0.3 is 19.1 Å². The fourth-order valence-corrected chi connectivity index (χ4v) is 4.03. The summed E-state index contributed by atoms with van der Waals surface area (Å²) in [6.45, 7) is 2.99. The Labute approximate surface area is 143 Å². The number of amides is 1. The molecular formula is C19H27NO4. The summed E-state index contributed by atoms with van der Waals surface area (Å²) >= 11 is 0. The summed E-state index contributed by atoms with van der Waals surface area (Å²) in [5.74, 6) is 0.991. The number of hydrogen-bond donors (Lipinski definition) is 0. The number of piperidine rings is 1. The first-order valence-electron chi connectivity index (χ1n) is 8.68. The van der Waals surface area contributed by atoms with Crippen molar-refractivity contribution in [3.05, 3.63) is 29.8 Å². The second-order valence-corrected chi connectivity index (χ2v) is 6.89. The highest BCUT2D eigenvalue weighted by atomic mass is 16.5. The zero-order chi connectivity index (χ0) is 17.0. The molecule has 2 aliphatic heterocycles. The Hall–Kier alpha value is -1.59. The highest BCUT2D eigenvalue weighted by molar-refractivity contribution is 5.79. The fraction of sp³-hybridized carbons (Fsp3) is 0.632. The van der Waals surface area contributed by atoms with Crippen LogP contribution in [-0.4, -0.2) is 57.4 Å². The fourth-order valence-electron chi connectivity index (χ4n) is 4.03. The lowest BCUT2D eigenvalue weighted by molar-refractivity contribution is -0.161. The van der Waals surface area contributed by atoms with E-state index in [1.54, 1.807) is 14.2 Å². The Kier molecular flexibility index (Phi) is 5.41. The van der Waals surface area contributed by atoms with Gasteiger partial charge in [0.2, 0.25) is 5.91 Å². The number of benzene rings is 1. The molecule has 2 saturated heterocycles. The minimum absolute atomic E-state index is 0.0409. The quantitative estimate of drug-likeness (QED) is 0.829. The van der Waals surface area contributed by atoms with Crippen molar-refractivity contribution in [2.24, 2.45) is 5.41 Å². The number of carbonyl (C=O) groups is 1. The van der Waals surface area contributed by atoms with Crippen molar-refractivity contribution in [2.75, 3.05) is 40.5 Å². The van der Waals surface area contributed by atoms with Crippen molar-refractivity contribution in [3.63, 3.8) is 0 Å². The third-order valence-electron chi connectivity index (χ3n) is 5.29. The molecule has 0 unspecified atom stereocenters. The molecule has 0 aromatic heterocycles. The Morgan fingerprint density at radius 3 is 2.83 bits per heavy atom. The number of hydrogen-bond acceptors (Lipinski definition) is 4. The molecule has 0 saturated carbocycles. The van der Waals surface area contributed by atoms with Crippen LogP contribution in [0.1, 0.15) is 24.8 Å². The van der Waals surface area contributed by atoms with E-state index in [9.17, 15) is 4.79 Å². The first kappa shape index (κ1) is 17.2. The van der Waals surface area contributed by atoms with E-state index in [0.29, 0.717) is 13.0 Å². The Morgan fingerprint density at radius 1 is 1.33 bits per heavy atom. The molecule has 2 fully saturated rings. The molecule has 1 aromatic rings.